The number of benzene rings is 1. The number of hydroxylamine groups is 2. The fourth-order valence-electron chi connectivity index (χ4n) is 1.08. The number of nitrogens with one attached hydrogen (secondary N) is 1. The van der Waals surface area contributed by atoms with Gasteiger partial charge in [-0.1, -0.05) is 6.07 Å². The molecule has 0 atom stereocenters. The van der Waals surface area contributed by atoms with Gasteiger partial charge in [-0.3, -0.25) is 4.79 Å². The molecule has 1 rings (SSSR count). The number of nitrogens with two attached hydrogens (primary N) is 1. The Morgan fingerprint density at radius 2 is 2.33 bits per heavy atom. The lowest BCUT2D eigenvalue weighted by molar-refractivity contribution is -0.137. The normalized spacial score (nSPS) is 10.3. The summed E-state index contributed by atoms with van der Waals surface area (Å²) in [6.45, 7) is 0.172. The predicted octanol–water partition coefficient (Wildman–Crippen LogP) is 0.700. The maximum atomic E-state index is 11.4. The zero-order valence-corrected chi connectivity index (χ0v) is 8.86. The molecule has 0 bridgehead atoms. The smallest absolute Gasteiger partial charge is 0.240 e. The number of hydrogen-bond acceptors (Lipinski definition) is 4. The summed E-state index contributed by atoms with van der Waals surface area (Å²) in [6.07, 6.45) is 0. The molecule has 1 aromatic rings. The monoisotopic (exact) mass is 209 g/mol. The van der Waals surface area contributed by atoms with Gasteiger partial charge in [0.15, 0.2) is 0 Å². The molecule has 0 heterocycles. The third-order valence-corrected chi connectivity index (χ3v) is 1.85. The lowest BCUT2D eigenvalue weighted by Crippen LogP contribution is -2.29. The molecular weight excluding hydrogens is 194 g/mol. The molecule has 1 amide bonds. The van der Waals surface area contributed by atoms with Crippen molar-refractivity contribution in [3.05, 3.63) is 24.3 Å². The predicted molar refractivity (Wildman–Crippen MR) is 59.1 cm³/mol. The van der Waals surface area contributed by atoms with Gasteiger partial charge >= 0.3 is 0 Å². The molecule has 5 heteroatoms. The van der Waals surface area contributed by atoms with Crippen molar-refractivity contribution in [3.8, 4) is 0 Å². The summed E-state index contributed by atoms with van der Waals surface area (Å²) in [5.74, 6) is -0.148. The fourth-order valence-corrected chi connectivity index (χ4v) is 1.08. The number of carbonyl (C=O) groups is 1. The third-order valence-electron chi connectivity index (χ3n) is 1.85. The number of nitrogens with zero attached hydrogens (tertiary/aromatic N) is 1. The van der Waals surface area contributed by atoms with Crippen molar-refractivity contribution in [2.45, 2.75) is 0 Å². The molecule has 1 aromatic carbocycles. The van der Waals surface area contributed by atoms with Gasteiger partial charge in [0, 0.05) is 18.4 Å². The van der Waals surface area contributed by atoms with E-state index in [4.69, 9.17) is 10.6 Å². The van der Waals surface area contributed by atoms with Crippen LogP contribution in [0, 0.1) is 0 Å². The van der Waals surface area contributed by atoms with E-state index in [0.29, 0.717) is 11.4 Å². The summed E-state index contributed by atoms with van der Waals surface area (Å²) >= 11 is 0. The summed E-state index contributed by atoms with van der Waals surface area (Å²) in [6, 6.07) is 7.02. The van der Waals surface area contributed by atoms with Gasteiger partial charge in [-0.05, 0) is 18.2 Å². The third kappa shape index (κ3) is 3.97. The Labute approximate surface area is 88.8 Å². The molecule has 82 valence electrons. The largest absolute Gasteiger partial charge is 0.399 e. The molecule has 0 aliphatic rings. The number of likely N-dealkylation sites (N-methyl/N-ethyl adjacent to an activating group) is 1. The molecule has 0 saturated carbocycles. The van der Waals surface area contributed by atoms with E-state index in [2.05, 4.69) is 5.32 Å². The highest BCUT2D eigenvalue weighted by Gasteiger charge is 2.05. The van der Waals surface area contributed by atoms with Crippen LogP contribution in [-0.2, 0) is 9.63 Å². The van der Waals surface area contributed by atoms with Crippen molar-refractivity contribution in [2.24, 2.45) is 0 Å². The minimum Gasteiger partial charge on any atom is -0.399 e. The SMILES string of the molecule is CON(C)CC(=O)Nc1cccc(N)c1. The Morgan fingerprint density at radius 1 is 1.60 bits per heavy atom. The van der Waals surface area contributed by atoms with E-state index < -0.39 is 0 Å². The summed E-state index contributed by atoms with van der Waals surface area (Å²) in [4.78, 5) is 16.2. The molecule has 15 heavy (non-hydrogen) atoms. The van der Waals surface area contributed by atoms with Crippen LogP contribution < -0.4 is 11.1 Å². The zero-order valence-electron chi connectivity index (χ0n) is 8.86. The molecule has 0 fully saturated rings. The van der Waals surface area contributed by atoms with Gasteiger partial charge in [0.1, 0.15) is 6.54 Å². The van der Waals surface area contributed by atoms with Gasteiger partial charge in [-0.2, -0.15) is 5.06 Å². The van der Waals surface area contributed by atoms with Gasteiger partial charge < -0.3 is 15.9 Å². The average Bonchev–Trinajstić information content (AvgIpc) is 2.17. The van der Waals surface area contributed by atoms with Crippen LogP contribution in [0.15, 0.2) is 24.3 Å². The average molecular weight is 209 g/mol. The van der Waals surface area contributed by atoms with E-state index in [9.17, 15) is 4.79 Å². The van der Waals surface area contributed by atoms with E-state index in [1.54, 1.807) is 31.3 Å². The second kappa shape index (κ2) is 5.33. The standard InChI is InChI=1S/C10H15N3O2/c1-13(15-2)7-10(14)12-9-5-3-4-8(11)6-9/h3-6H,7,11H2,1-2H3,(H,12,14). The van der Waals surface area contributed by atoms with Crippen LogP contribution >= 0.6 is 0 Å². The number of hydrogen-bond donors (Lipinski definition) is 2. The first kappa shape index (κ1) is 11.5. The summed E-state index contributed by atoms with van der Waals surface area (Å²) in [7, 11) is 3.19. The Kier molecular flexibility index (Phi) is 4.08. The van der Waals surface area contributed by atoms with Crippen LogP contribution in [0.4, 0.5) is 11.4 Å². The molecule has 0 aromatic heterocycles. The Bertz CT molecular complexity index is 341. The molecule has 0 spiro atoms. The Morgan fingerprint density at radius 3 is 2.93 bits per heavy atom. The van der Waals surface area contributed by atoms with Gasteiger partial charge in [0.05, 0.1) is 7.11 Å². The second-order valence-electron chi connectivity index (χ2n) is 3.14. The first-order chi connectivity index (χ1) is 7.11. The van der Waals surface area contributed by atoms with Crippen molar-refractivity contribution < 1.29 is 9.63 Å². The number of rotatable bonds is 4. The molecule has 0 radical (unpaired) electrons. The Hall–Kier alpha value is -1.59. The van der Waals surface area contributed by atoms with Gasteiger partial charge in [-0.25, -0.2) is 0 Å². The van der Waals surface area contributed by atoms with Crippen LogP contribution in [-0.4, -0.2) is 31.7 Å². The minimum absolute atomic E-state index is 0.148. The van der Waals surface area contributed by atoms with E-state index in [0.717, 1.165) is 0 Å². The number of nitrogen functional groups attached to an aromatic ring is 1. The highest BCUT2D eigenvalue weighted by molar-refractivity contribution is 5.92. The highest BCUT2D eigenvalue weighted by atomic mass is 16.7. The first-order valence-corrected chi connectivity index (χ1v) is 4.52. The first-order valence-electron chi connectivity index (χ1n) is 4.52. The molecule has 3 N–H and O–H groups in total. The van der Waals surface area contributed by atoms with Crippen molar-refractivity contribution in [1.29, 1.82) is 0 Å². The van der Waals surface area contributed by atoms with Gasteiger partial charge in [0.2, 0.25) is 5.91 Å². The topological polar surface area (TPSA) is 67.6 Å². The van der Waals surface area contributed by atoms with E-state index >= 15 is 0 Å². The van der Waals surface area contributed by atoms with E-state index in [-0.39, 0.29) is 12.5 Å². The highest BCUT2D eigenvalue weighted by Crippen LogP contribution is 2.11. The maximum Gasteiger partial charge on any atom is 0.240 e. The zero-order chi connectivity index (χ0) is 11.3. The molecule has 0 saturated heterocycles. The summed E-state index contributed by atoms with van der Waals surface area (Å²) in [5, 5.41) is 4.14. The van der Waals surface area contributed by atoms with Crippen LogP contribution in [0.3, 0.4) is 0 Å². The quantitative estimate of drug-likeness (QED) is 0.566. The van der Waals surface area contributed by atoms with E-state index in [1.165, 1.54) is 12.2 Å². The number of anilines is 2. The number of amides is 1. The Balaban J connectivity index is 2.51. The minimum atomic E-state index is -0.148. The van der Waals surface area contributed by atoms with Crippen molar-refractivity contribution >= 4 is 17.3 Å². The lowest BCUT2D eigenvalue weighted by atomic mass is 10.3. The van der Waals surface area contributed by atoms with E-state index in [1.807, 2.05) is 0 Å². The van der Waals surface area contributed by atoms with Crippen LogP contribution in [0.25, 0.3) is 0 Å². The number of carbonyl (C=O) groups excluding carboxylic acids is 1. The molecule has 5 nitrogen and oxygen atoms in total. The summed E-state index contributed by atoms with van der Waals surface area (Å²) < 4.78 is 0. The molecular formula is C10H15N3O2. The van der Waals surface area contributed by atoms with Crippen molar-refractivity contribution in [3.63, 3.8) is 0 Å². The molecule has 0 unspecified atom stereocenters. The lowest BCUT2D eigenvalue weighted by Gasteiger charge is -2.13. The van der Waals surface area contributed by atoms with Crippen molar-refractivity contribution in [1.82, 2.24) is 5.06 Å². The van der Waals surface area contributed by atoms with Crippen LogP contribution in [0.1, 0.15) is 0 Å². The second-order valence-corrected chi connectivity index (χ2v) is 3.14. The fraction of sp³-hybridized carbons (Fsp3) is 0.300. The van der Waals surface area contributed by atoms with Gasteiger partial charge in [-0.15, -0.1) is 0 Å². The summed E-state index contributed by atoms with van der Waals surface area (Å²) in [5.41, 5.74) is 6.88. The molecule has 0 aliphatic heterocycles. The van der Waals surface area contributed by atoms with Gasteiger partial charge in [0.25, 0.3) is 0 Å². The molecule has 0 aliphatic carbocycles. The van der Waals surface area contributed by atoms with Crippen molar-refractivity contribution in [2.75, 3.05) is 31.8 Å². The maximum absolute atomic E-state index is 11.4. The van der Waals surface area contributed by atoms with Crippen LogP contribution in [0.5, 0.6) is 0 Å². The van der Waals surface area contributed by atoms with Crippen LogP contribution in [0.2, 0.25) is 0 Å².